The van der Waals surface area contributed by atoms with Crippen molar-refractivity contribution in [2.45, 2.75) is 32.2 Å². The topological polar surface area (TPSA) is 67.2 Å². The quantitative estimate of drug-likeness (QED) is 0.652. The molecule has 2 rings (SSSR count). The van der Waals surface area contributed by atoms with Crippen molar-refractivity contribution >= 4 is 11.4 Å². The van der Waals surface area contributed by atoms with Crippen molar-refractivity contribution in [3.63, 3.8) is 0 Å². The van der Waals surface area contributed by atoms with Crippen LogP contribution in [-0.4, -0.2) is 24.1 Å². The lowest BCUT2D eigenvalue weighted by Gasteiger charge is -2.17. The molecule has 6 heteroatoms. The van der Waals surface area contributed by atoms with Gasteiger partial charge >= 0.3 is 0 Å². The number of nitrogens with zero attached hydrogens (tertiary/aromatic N) is 1. The van der Waals surface area contributed by atoms with Crippen LogP contribution in [0.15, 0.2) is 12.1 Å². The fourth-order valence-corrected chi connectivity index (χ4v) is 2.32. The number of hydrogen-bond donors (Lipinski definition) is 2. The van der Waals surface area contributed by atoms with Crippen LogP contribution in [0, 0.1) is 22.9 Å². The zero-order valence-electron chi connectivity index (χ0n) is 10.9. The summed E-state index contributed by atoms with van der Waals surface area (Å²) < 4.78 is 13.4. The summed E-state index contributed by atoms with van der Waals surface area (Å²) in [5.41, 5.74) is 0.635. The third-order valence-electron chi connectivity index (χ3n) is 3.41. The second kappa shape index (κ2) is 5.97. The van der Waals surface area contributed by atoms with Gasteiger partial charge in [0, 0.05) is 6.04 Å². The summed E-state index contributed by atoms with van der Waals surface area (Å²) in [4.78, 5) is 10.4. The van der Waals surface area contributed by atoms with Crippen LogP contribution in [0.25, 0.3) is 0 Å². The summed E-state index contributed by atoms with van der Waals surface area (Å²) in [6.45, 7) is 3.48. The highest BCUT2D eigenvalue weighted by Gasteiger charge is 2.20. The van der Waals surface area contributed by atoms with Gasteiger partial charge in [0.15, 0.2) is 0 Å². The SMILES string of the molecule is Cc1cc(NC2CCCNCC2)c([N+](=O)[O-])cc1F. The maximum Gasteiger partial charge on any atom is 0.295 e. The number of nitro benzene ring substituents is 1. The normalized spacial score (nSPS) is 19.8. The highest BCUT2D eigenvalue weighted by Crippen LogP contribution is 2.29. The Bertz CT molecular complexity index is 471. The molecule has 19 heavy (non-hydrogen) atoms. The molecule has 5 nitrogen and oxygen atoms in total. The minimum absolute atomic E-state index is 0.193. The number of benzene rings is 1. The number of hydrogen-bond acceptors (Lipinski definition) is 4. The van der Waals surface area contributed by atoms with E-state index in [9.17, 15) is 14.5 Å². The molecule has 2 N–H and O–H groups in total. The van der Waals surface area contributed by atoms with Crippen LogP contribution in [-0.2, 0) is 0 Å². The molecule has 1 unspecified atom stereocenters. The molecule has 1 heterocycles. The lowest BCUT2D eigenvalue weighted by molar-refractivity contribution is -0.384. The Morgan fingerprint density at radius 1 is 1.42 bits per heavy atom. The monoisotopic (exact) mass is 267 g/mol. The predicted molar refractivity (Wildman–Crippen MR) is 71.9 cm³/mol. The third kappa shape index (κ3) is 3.41. The minimum Gasteiger partial charge on any atom is -0.377 e. The van der Waals surface area contributed by atoms with Crippen molar-refractivity contribution in [3.05, 3.63) is 33.6 Å². The molecule has 0 aliphatic carbocycles. The Labute approximate surface area is 111 Å². The molecule has 1 aliphatic rings. The first-order valence-electron chi connectivity index (χ1n) is 6.49. The molecule has 0 aromatic heterocycles. The standard InChI is InChI=1S/C13H18FN3O2/c1-9-7-12(13(17(18)19)8-11(9)14)16-10-3-2-5-15-6-4-10/h7-8,10,15-16H,2-6H2,1H3. The summed E-state index contributed by atoms with van der Waals surface area (Å²) >= 11 is 0. The molecule has 104 valence electrons. The van der Waals surface area contributed by atoms with E-state index >= 15 is 0 Å². The summed E-state index contributed by atoms with van der Waals surface area (Å²) in [6, 6.07) is 2.71. The van der Waals surface area contributed by atoms with Gasteiger partial charge in [-0.25, -0.2) is 4.39 Å². The fourth-order valence-electron chi connectivity index (χ4n) is 2.32. The first kappa shape index (κ1) is 13.7. The van der Waals surface area contributed by atoms with E-state index in [2.05, 4.69) is 10.6 Å². The molecule has 0 spiro atoms. The fraction of sp³-hybridized carbons (Fsp3) is 0.538. The Balaban J connectivity index is 2.22. The first-order chi connectivity index (χ1) is 9.08. The largest absolute Gasteiger partial charge is 0.377 e. The maximum absolute atomic E-state index is 13.4. The van der Waals surface area contributed by atoms with E-state index in [0.717, 1.165) is 38.4 Å². The average molecular weight is 267 g/mol. The van der Waals surface area contributed by atoms with E-state index in [4.69, 9.17) is 0 Å². The van der Waals surface area contributed by atoms with Crippen LogP contribution < -0.4 is 10.6 Å². The van der Waals surface area contributed by atoms with Crippen molar-refractivity contribution in [1.82, 2.24) is 5.32 Å². The lowest BCUT2D eigenvalue weighted by Crippen LogP contribution is -2.22. The molecule has 1 fully saturated rings. The van der Waals surface area contributed by atoms with E-state index in [1.807, 2.05) is 0 Å². The molecule has 1 aromatic carbocycles. The van der Waals surface area contributed by atoms with E-state index in [0.29, 0.717) is 11.3 Å². The summed E-state index contributed by atoms with van der Waals surface area (Å²) in [5.74, 6) is -0.542. The van der Waals surface area contributed by atoms with Crippen molar-refractivity contribution < 1.29 is 9.31 Å². The maximum atomic E-state index is 13.4. The second-order valence-electron chi connectivity index (χ2n) is 4.90. The minimum atomic E-state index is -0.542. The number of anilines is 1. The molecule has 0 bridgehead atoms. The number of rotatable bonds is 3. The molecule has 1 atom stereocenters. The summed E-state index contributed by atoms with van der Waals surface area (Å²) in [7, 11) is 0. The number of nitro groups is 1. The third-order valence-corrected chi connectivity index (χ3v) is 3.41. The average Bonchev–Trinajstić information content (AvgIpc) is 2.62. The Hall–Kier alpha value is -1.69. The van der Waals surface area contributed by atoms with Gasteiger partial charge in [-0.2, -0.15) is 0 Å². The van der Waals surface area contributed by atoms with Crippen LogP contribution in [0.4, 0.5) is 15.8 Å². The second-order valence-corrected chi connectivity index (χ2v) is 4.90. The Kier molecular flexibility index (Phi) is 4.31. The zero-order valence-corrected chi connectivity index (χ0v) is 10.9. The molecular formula is C13H18FN3O2. The van der Waals surface area contributed by atoms with Gasteiger partial charge < -0.3 is 10.6 Å². The predicted octanol–water partition coefficient (Wildman–Crippen LogP) is 2.60. The molecular weight excluding hydrogens is 249 g/mol. The van der Waals surface area contributed by atoms with Gasteiger partial charge in [-0.05, 0) is 50.9 Å². The van der Waals surface area contributed by atoms with Crippen LogP contribution in [0.1, 0.15) is 24.8 Å². The van der Waals surface area contributed by atoms with Crippen LogP contribution in [0.5, 0.6) is 0 Å². The van der Waals surface area contributed by atoms with Crippen LogP contribution in [0.3, 0.4) is 0 Å². The highest BCUT2D eigenvalue weighted by atomic mass is 19.1. The van der Waals surface area contributed by atoms with Crippen molar-refractivity contribution in [3.8, 4) is 0 Å². The molecule has 1 aliphatic heterocycles. The lowest BCUT2D eigenvalue weighted by atomic mass is 10.1. The summed E-state index contributed by atoms with van der Waals surface area (Å²) in [6.07, 6.45) is 2.90. The van der Waals surface area contributed by atoms with E-state index in [-0.39, 0.29) is 11.7 Å². The number of nitrogens with one attached hydrogen (secondary N) is 2. The Morgan fingerprint density at radius 2 is 2.21 bits per heavy atom. The smallest absolute Gasteiger partial charge is 0.295 e. The number of aryl methyl sites for hydroxylation is 1. The van der Waals surface area contributed by atoms with Gasteiger partial charge in [-0.3, -0.25) is 10.1 Å². The highest BCUT2D eigenvalue weighted by molar-refractivity contribution is 5.63. The van der Waals surface area contributed by atoms with Crippen LogP contribution >= 0.6 is 0 Å². The van der Waals surface area contributed by atoms with Gasteiger partial charge in [0.25, 0.3) is 5.69 Å². The molecule has 0 amide bonds. The van der Waals surface area contributed by atoms with Gasteiger partial charge in [0.2, 0.25) is 0 Å². The van der Waals surface area contributed by atoms with Crippen molar-refractivity contribution in [1.29, 1.82) is 0 Å². The van der Waals surface area contributed by atoms with E-state index < -0.39 is 10.7 Å². The van der Waals surface area contributed by atoms with Gasteiger partial charge in [-0.15, -0.1) is 0 Å². The van der Waals surface area contributed by atoms with E-state index in [1.54, 1.807) is 6.92 Å². The molecule has 0 saturated carbocycles. The zero-order chi connectivity index (χ0) is 13.8. The van der Waals surface area contributed by atoms with Gasteiger partial charge in [0.1, 0.15) is 11.5 Å². The van der Waals surface area contributed by atoms with Crippen LogP contribution in [0.2, 0.25) is 0 Å². The first-order valence-corrected chi connectivity index (χ1v) is 6.49. The molecule has 1 aromatic rings. The molecule has 0 radical (unpaired) electrons. The van der Waals surface area contributed by atoms with Gasteiger partial charge in [0.05, 0.1) is 11.0 Å². The van der Waals surface area contributed by atoms with Crippen molar-refractivity contribution in [2.75, 3.05) is 18.4 Å². The van der Waals surface area contributed by atoms with E-state index in [1.165, 1.54) is 6.07 Å². The molecule has 1 saturated heterocycles. The van der Waals surface area contributed by atoms with Gasteiger partial charge in [-0.1, -0.05) is 0 Å². The Morgan fingerprint density at radius 3 is 2.95 bits per heavy atom. The summed E-state index contributed by atoms with van der Waals surface area (Å²) in [5, 5.41) is 17.5. The number of halogens is 1. The van der Waals surface area contributed by atoms with Crippen molar-refractivity contribution in [2.24, 2.45) is 0 Å².